The summed E-state index contributed by atoms with van der Waals surface area (Å²) in [6.07, 6.45) is 4.70. The van der Waals surface area contributed by atoms with Gasteiger partial charge in [0, 0.05) is 37.7 Å². The van der Waals surface area contributed by atoms with Crippen LogP contribution in [-0.2, 0) is 14.8 Å². The van der Waals surface area contributed by atoms with E-state index in [1.165, 1.54) is 24.5 Å². The van der Waals surface area contributed by atoms with Crippen LogP contribution >= 0.6 is 0 Å². The van der Waals surface area contributed by atoms with Gasteiger partial charge in [0.05, 0.1) is 17.2 Å². The molecule has 1 aromatic carbocycles. The number of benzene rings is 1. The third-order valence-corrected chi connectivity index (χ3v) is 5.92. The molecule has 0 saturated carbocycles. The summed E-state index contributed by atoms with van der Waals surface area (Å²) in [5.41, 5.74) is 0.875. The minimum Gasteiger partial charge on any atom is -0.383 e. The number of anilines is 1. The van der Waals surface area contributed by atoms with Crippen LogP contribution in [0.15, 0.2) is 53.7 Å². The normalized spacial score (nSPS) is 11.4. The highest BCUT2D eigenvalue weighted by atomic mass is 32.2. The van der Waals surface area contributed by atoms with E-state index in [1.807, 2.05) is 13.8 Å². The lowest BCUT2D eigenvalue weighted by atomic mass is 10.1. The predicted octanol–water partition coefficient (Wildman–Crippen LogP) is 3.16. The summed E-state index contributed by atoms with van der Waals surface area (Å²) in [4.78, 5) is 18.7. The lowest BCUT2D eigenvalue weighted by molar-refractivity contribution is 0.0589. The monoisotopic (exact) mass is 405 g/mol. The maximum Gasteiger partial charge on any atom is 0.261 e. The van der Waals surface area contributed by atoms with E-state index < -0.39 is 10.0 Å². The fraction of sp³-hybridized carbons (Fsp3) is 0.400. The number of hydrogen-bond acceptors (Lipinski definition) is 5. The van der Waals surface area contributed by atoms with Gasteiger partial charge >= 0.3 is 0 Å². The Bertz CT molecular complexity index is 851. The summed E-state index contributed by atoms with van der Waals surface area (Å²) >= 11 is 0. The van der Waals surface area contributed by atoms with E-state index in [9.17, 15) is 13.2 Å². The Morgan fingerprint density at radius 2 is 1.71 bits per heavy atom. The van der Waals surface area contributed by atoms with Gasteiger partial charge in [0.1, 0.15) is 0 Å². The van der Waals surface area contributed by atoms with Crippen molar-refractivity contribution in [1.82, 2.24) is 9.88 Å². The van der Waals surface area contributed by atoms with Crippen molar-refractivity contribution in [2.75, 3.05) is 25.0 Å². The Labute approximate surface area is 166 Å². The number of nitrogens with zero attached hydrogens (tertiary/aromatic N) is 2. The molecule has 2 aromatic rings. The average molecular weight is 406 g/mol. The minimum atomic E-state index is -3.74. The van der Waals surface area contributed by atoms with Gasteiger partial charge in [-0.2, -0.15) is 0 Å². The Kier molecular flexibility index (Phi) is 7.95. The number of methoxy groups -OCH3 is 1. The van der Waals surface area contributed by atoms with Crippen LogP contribution in [0.5, 0.6) is 0 Å². The number of nitrogens with one attached hydrogen (secondary N) is 1. The number of hydrogen-bond donors (Lipinski definition) is 1. The lowest BCUT2D eigenvalue weighted by Crippen LogP contribution is -2.41. The second-order valence-electron chi connectivity index (χ2n) is 6.33. The summed E-state index contributed by atoms with van der Waals surface area (Å²) in [6, 6.07) is 9.23. The van der Waals surface area contributed by atoms with Gasteiger partial charge in [0.15, 0.2) is 0 Å². The van der Waals surface area contributed by atoms with Crippen molar-refractivity contribution in [3.63, 3.8) is 0 Å². The van der Waals surface area contributed by atoms with Gasteiger partial charge in [-0.1, -0.05) is 13.8 Å². The first kappa shape index (κ1) is 21.8. The lowest BCUT2D eigenvalue weighted by Gasteiger charge is -2.30. The second kappa shape index (κ2) is 10.2. The second-order valence-corrected chi connectivity index (χ2v) is 8.01. The molecule has 0 atom stereocenters. The van der Waals surface area contributed by atoms with Crippen molar-refractivity contribution >= 4 is 21.6 Å². The van der Waals surface area contributed by atoms with E-state index in [4.69, 9.17) is 4.74 Å². The van der Waals surface area contributed by atoms with Gasteiger partial charge in [-0.15, -0.1) is 0 Å². The van der Waals surface area contributed by atoms with Gasteiger partial charge in [-0.25, -0.2) is 8.42 Å². The molecular formula is C20H27N3O4S. The number of amides is 1. The smallest absolute Gasteiger partial charge is 0.261 e. The molecule has 2 rings (SSSR count). The molecule has 28 heavy (non-hydrogen) atoms. The van der Waals surface area contributed by atoms with Crippen molar-refractivity contribution in [1.29, 1.82) is 0 Å². The molecule has 1 aromatic heterocycles. The maximum atomic E-state index is 13.0. The Hall–Kier alpha value is -2.45. The van der Waals surface area contributed by atoms with Gasteiger partial charge in [0.2, 0.25) is 0 Å². The SMILES string of the molecule is CCC(CC)N(CCOC)C(=O)c1ccc(S(=O)(=O)Nc2ccncc2)cc1. The minimum absolute atomic E-state index is 0.0897. The van der Waals surface area contributed by atoms with E-state index in [-0.39, 0.29) is 16.8 Å². The largest absolute Gasteiger partial charge is 0.383 e. The highest BCUT2D eigenvalue weighted by Gasteiger charge is 2.23. The van der Waals surface area contributed by atoms with Crippen LogP contribution < -0.4 is 4.72 Å². The molecule has 0 radical (unpaired) electrons. The molecule has 0 bridgehead atoms. The maximum absolute atomic E-state index is 13.0. The highest BCUT2D eigenvalue weighted by molar-refractivity contribution is 7.92. The molecule has 0 saturated heterocycles. The molecule has 152 valence electrons. The summed E-state index contributed by atoms with van der Waals surface area (Å²) in [5.74, 6) is -0.128. The summed E-state index contributed by atoms with van der Waals surface area (Å²) in [7, 11) is -2.14. The number of aromatic nitrogens is 1. The topological polar surface area (TPSA) is 88.6 Å². The first-order chi connectivity index (χ1) is 13.4. The number of ether oxygens (including phenoxy) is 1. The van der Waals surface area contributed by atoms with Crippen LogP contribution in [0.25, 0.3) is 0 Å². The zero-order valence-electron chi connectivity index (χ0n) is 16.5. The van der Waals surface area contributed by atoms with E-state index in [2.05, 4.69) is 9.71 Å². The van der Waals surface area contributed by atoms with Crippen molar-refractivity contribution in [2.45, 2.75) is 37.6 Å². The van der Waals surface area contributed by atoms with Crippen molar-refractivity contribution in [3.8, 4) is 0 Å². The molecule has 1 N–H and O–H groups in total. The van der Waals surface area contributed by atoms with Gasteiger partial charge in [-0.05, 0) is 49.2 Å². The quantitative estimate of drug-likeness (QED) is 0.656. The number of pyridine rings is 1. The van der Waals surface area contributed by atoms with Gasteiger partial charge in [-0.3, -0.25) is 14.5 Å². The van der Waals surface area contributed by atoms with Crippen LogP contribution in [0, 0.1) is 0 Å². The van der Waals surface area contributed by atoms with E-state index in [0.29, 0.717) is 24.4 Å². The van der Waals surface area contributed by atoms with Gasteiger partial charge in [0.25, 0.3) is 15.9 Å². The molecule has 8 heteroatoms. The number of rotatable bonds is 10. The molecule has 7 nitrogen and oxygen atoms in total. The van der Waals surface area contributed by atoms with Gasteiger partial charge < -0.3 is 9.64 Å². The molecule has 1 heterocycles. The summed E-state index contributed by atoms with van der Waals surface area (Å²) < 4.78 is 32.7. The zero-order valence-corrected chi connectivity index (χ0v) is 17.3. The van der Waals surface area contributed by atoms with E-state index in [0.717, 1.165) is 12.8 Å². The Balaban J connectivity index is 2.20. The fourth-order valence-corrected chi connectivity index (χ4v) is 4.00. The van der Waals surface area contributed by atoms with Crippen LogP contribution in [-0.4, -0.2) is 50.5 Å². The molecule has 0 aliphatic rings. The molecule has 0 unspecified atom stereocenters. The molecule has 0 aliphatic heterocycles. The average Bonchev–Trinajstić information content (AvgIpc) is 2.71. The Morgan fingerprint density at radius 1 is 1.11 bits per heavy atom. The summed E-state index contributed by atoms with van der Waals surface area (Å²) in [5, 5.41) is 0. The third kappa shape index (κ3) is 5.53. The first-order valence-electron chi connectivity index (χ1n) is 9.25. The van der Waals surface area contributed by atoms with E-state index in [1.54, 1.807) is 36.3 Å². The summed E-state index contributed by atoms with van der Waals surface area (Å²) in [6.45, 7) is 5.03. The van der Waals surface area contributed by atoms with Crippen molar-refractivity contribution < 1.29 is 17.9 Å². The predicted molar refractivity (Wildman–Crippen MR) is 109 cm³/mol. The fourth-order valence-electron chi connectivity index (χ4n) is 2.95. The Morgan fingerprint density at radius 3 is 2.25 bits per heavy atom. The highest BCUT2D eigenvalue weighted by Crippen LogP contribution is 2.18. The number of carbonyl (C=O) groups excluding carboxylic acids is 1. The molecule has 0 aliphatic carbocycles. The number of sulfonamides is 1. The third-order valence-electron chi connectivity index (χ3n) is 4.52. The molecular weight excluding hydrogens is 378 g/mol. The van der Waals surface area contributed by atoms with Crippen LogP contribution in [0.1, 0.15) is 37.0 Å². The molecule has 0 spiro atoms. The van der Waals surface area contributed by atoms with Crippen molar-refractivity contribution in [2.24, 2.45) is 0 Å². The molecule has 0 fully saturated rings. The standard InChI is InChI=1S/C20H27N3O4S/c1-4-18(5-2)23(14-15-27-3)20(24)16-6-8-19(9-7-16)28(25,26)22-17-10-12-21-13-11-17/h6-13,18H,4-5,14-15H2,1-3H3,(H,21,22). The van der Waals surface area contributed by atoms with Crippen molar-refractivity contribution in [3.05, 3.63) is 54.4 Å². The molecule has 1 amide bonds. The number of carbonyl (C=O) groups is 1. The van der Waals surface area contributed by atoms with Crippen LogP contribution in [0.3, 0.4) is 0 Å². The first-order valence-corrected chi connectivity index (χ1v) is 10.7. The van der Waals surface area contributed by atoms with E-state index >= 15 is 0 Å². The van der Waals surface area contributed by atoms with Crippen LogP contribution in [0.2, 0.25) is 0 Å². The zero-order chi connectivity index (χ0) is 20.6. The van der Waals surface area contributed by atoms with Crippen LogP contribution in [0.4, 0.5) is 5.69 Å².